The van der Waals surface area contributed by atoms with E-state index in [2.05, 4.69) is 5.16 Å². The molecule has 0 aromatic heterocycles. The van der Waals surface area contributed by atoms with Gasteiger partial charge < -0.3 is 14.7 Å². The van der Waals surface area contributed by atoms with Crippen LogP contribution in [0.2, 0.25) is 5.02 Å². The highest BCUT2D eigenvalue weighted by atomic mass is 35.5. The van der Waals surface area contributed by atoms with Crippen molar-refractivity contribution in [2.24, 2.45) is 5.16 Å². The van der Waals surface area contributed by atoms with Crippen LogP contribution < -0.4 is 9.47 Å². The maximum atomic E-state index is 8.53. The van der Waals surface area contributed by atoms with E-state index < -0.39 is 0 Å². The van der Waals surface area contributed by atoms with Gasteiger partial charge in [0.1, 0.15) is 0 Å². The Kier molecular flexibility index (Phi) is 4.05. The van der Waals surface area contributed by atoms with Crippen LogP contribution in [-0.4, -0.2) is 24.6 Å². The average Bonchev–Trinajstić information content (AvgIpc) is 2.27. The Morgan fingerprint density at radius 1 is 1.33 bits per heavy atom. The van der Waals surface area contributed by atoms with Crippen LogP contribution in [0.1, 0.15) is 5.56 Å². The van der Waals surface area contributed by atoms with Crippen LogP contribution >= 0.6 is 23.2 Å². The minimum Gasteiger partial charge on any atom is -0.493 e. The second-order valence-corrected chi connectivity index (χ2v) is 3.29. The standard InChI is InChI=1S/C9H9Cl2NO3/c1-14-6-4-3-5(9(11)12-13)7(10)8(6)15-2/h3-4,13H,1-2H3/b12-9-. The lowest BCUT2D eigenvalue weighted by Crippen LogP contribution is -1.98. The minimum absolute atomic E-state index is 0.110. The van der Waals surface area contributed by atoms with E-state index >= 15 is 0 Å². The second-order valence-electron chi connectivity index (χ2n) is 2.55. The first-order chi connectivity index (χ1) is 7.15. The molecule has 4 nitrogen and oxygen atoms in total. The fourth-order valence-electron chi connectivity index (χ4n) is 1.10. The Labute approximate surface area is 97.0 Å². The van der Waals surface area contributed by atoms with Gasteiger partial charge in [-0.2, -0.15) is 0 Å². The zero-order chi connectivity index (χ0) is 11.4. The number of hydrogen-bond donors (Lipinski definition) is 1. The second kappa shape index (κ2) is 5.09. The Morgan fingerprint density at radius 2 is 2.00 bits per heavy atom. The van der Waals surface area contributed by atoms with Crippen molar-refractivity contribution < 1.29 is 14.7 Å². The topological polar surface area (TPSA) is 51.0 Å². The van der Waals surface area contributed by atoms with Crippen LogP contribution in [0.25, 0.3) is 0 Å². The van der Waals surface area contributed by atoms with Gasteiger partial charge in [0.15, 0.2) is 16.7 Å². The van der Waals surface area contributed by atoms with E-state index in [0.717, 1.165) is 0 Å². The van der Waals surface area contributed by atoms with E-state index in [1.807, 2.05) is 0 Å². The van der Waals surface area contributed by atoms with Crippen LogP contribution in [0.5, 0.6) is 11.5 Å². The average molecular weight is 250 g/mol. The highest BCUT2D eigenvalue weighted by molar-refractivity contribution is 6.70. The molecule has 15 heavy (non-hydrogen) atoms. The van der Waals surface area contributed by atoms with E-state index in [9.17, 15) is 0 Å². The molecule has 1 aromatic rings. The maximum absolute atomic E-state index is 8.53. The molecule has 0 unspecified atom stereocenters. The van der Waals surface area contributed by atoms with Gasteiger partial charge in [-0.25, -0.2) is 0 Å². The van der Waals surface area contributed by atoms with Gasteiger partial charge in [0.05, 0.1) is 19.2 Å². The van der Waals surface area contributed by atoms with E-state index in [4.69, 9.17) is 37.9 Å². The summed E-state index contributed by atoms with van der Waals surface area (Å²) in [6.45, 7) is 0. The number of hydrogen-bond acceptors (Lipinski definition) is 4. The van der Waals surface area contributed by atoms with Gasteiger partial charge in [0.25, 0.3) is 0 Å². The van der Waals surface area contributed by atoms with E-state index in [1.165, 1.54) is 14.2 Å². The number of oxime groups is 1. The molecule has 6 heteroatoms. The first-order valence-electron chi connectivity index (χ1n) is 3.94. The third-order valence-electron chi connectivity index (χ3n) is 1.80. The van der Waals surface area contributed by atoms with Crippen LogP contribution in [0, 0.1) is 0 Å². The Hall–Kier alpha value is -1.13. The molecule has 82 valence electrons. The van der Waals surface area contributed by atoms with Crippen molar-refractivity contribution in [2.75, 3.05) is 14.2 Å². The smallest absolute Gasteiger partial charge is 0.180 e. The predicted molar refractivity (Wildman–Crippen MR) is 58.7 cm³/mol. The molecule has 0 amide bonds. The van der Waals surface area contributed by atoms with Gasteiger partial charge in [-0.3, -0.25) is 0 Å². The van der Waals surface area contributed by atoms with E-state index in [1.54, 1.807) is 12.1 Å². The summed E-state index contributed by atoms with van der Waals surface area (Å²) >= 11 is 11.6. The molecule has 0 radical (unpaired) electrons. The number of methoxy groups -OCH3 is 2. The summed E-state index contributed by atoms with van der Waals surface area (Å²) in [6, 6.07) is 3.19. The fraction of sp³-hybridized carbons (Fsp3) is 0.222. The molecule has 1 N–H and O–H groups in total. The molecule has 1 rings (SSSR count). The van der Waals surface area contributed by atoms with Crippen molar-refractivity contribution in [1.29, 1.82) is 0 Å². The summed E-state index contributed by atoms with van der Waals surface area (Å²) in [5, 5.41) is 11.5. The van der Waals surface area contributed by atoms with Gasteiger partial charge in [-0.1, -0.05) is 28.4 Å². The molecule has 0 saturated heterocycles. The Balaban J connectivity index is 3.35. The lowest BCUT2D eigenvalue weighted by molar-refractivity contribution is 0.320. The fourth-order valence-corrected chi connectivity index (χ4v) is 1.63. The highest BCUT2D eigenvalue weighted by Crippen LogP contribution is 2.37. The van der Waals surface area contributed by atoms with Gasteiger partial charge in [-0.15, -0.1) is 0 Å². The zero-order valence-corrected chi connectivity index (χ0v) is 9.63. The molecule has 0 saturated carbocycles. The SMILES string of the molecule is COc1ccc(/C(Cl)=N/O)c(Cl)c1OC. The normalized spacial score (nSPS) is 11.3. The molecule has 0 heterocycles. The van der Waals surface area contributed by atoms with E-state index in [0.29, 0.717) is 17.1 Å². The Morgan fingerprint density at radius 3 is 2.47 bits per heavy atom. The summed E-state index contributed by atoms with van der Waals surface area (Å²) in [5.74, 6) is 0.826. The van der Waals surface area contributed by atoms with Crippen molar-refractivity contribution in [3.05, 3.63) is 22.7 Å². The van der Waals surface area contributed by atoms with Gasteiger partial charge in [0.2, 0.25) is 0 Å². The number of ether oxygens (including phenoxy) is 2. The largest absolute Gasteiger partial charge is 0.493 e. The molecule has 1 aromatic carbocycles. The van der Waals surface area contributed by atoms with Crippen molar-refractivity contribution in [1.82, 2.24) is 0 Å². The molecule has 0 aliphatic carbocycles. The number of halogens is 2. The molecule has 0 atom stereocenters. The van der Waals surface area contributed by atoms with Crippen molar-refractivity contribution in [3.63, 3.8) is 0 Å². The number of nitrogens with zero attached hydrogens (tertiary/aromatic N) is 1. The zero-order valence-electron chi connectivity index (χ0n) is 8.12. The first kappa shape index (κ1) is 11.9. The summed E-state index contributed by atoms with van der Waals surface area (Å²) in [7, 11) is 2.95. The summed E-state index contributed by atoms with van der Waals surface area (Å²) in [6.07, 6.45) is 0. The molecule has 0 fully saturated rings. The monoisotopic (exact) mass is 249 g/mol. The molecule has 0 aliphatic rings. The van der Waals surface area contributed by atoms with Gasteiger partial charge in [0, 0.05) is 5.56 Å². The van der Waals surface area contributed by atoms with Crippen LogP contribution in [0.15, 0.2) is 17.3 Å². The molecular weight excluding hydrogens is 241 g/mol. The lowest BCUT2D eigenvalue weighted by atomic mass is 10.2. The summed E-state index contributed by atoms with van der Waals surface area (Å²) in [5.41, 5.74) is 0.374. The third-order valence-corrected chi connectivity index (χ3v) is 2.45. The van der Waals surface area contributed by atoms with Crippen molar-refractivity contribution >= 4 is 28.4 Å². The van der Waals surface area contributed by atoms with Crippen molar-refractivity contribution in [2.45, 2.75) is 0 Å². The summed E-state index contributed by atoms with van der Waals surface area (Å²) in [4.78, 5) is 0. The predicted octanol–water partition coefficient (Wildman–Crippen LogP) is 2.73. The molecule has 0 bridgehead atoms. The lowest BCUT2D eigenvalue weighted by Gasteiger charge is -2.11. The summed E-state index contributed by atoms with van der Waals surface area (Å²) < 4.78 is 10.1. The van der Waals surface area contributed by atoms with Crippen molar-refractivity contribution in [3.8, 4) is 11.5 Å². The molecular formula is C9H9Cl2NO3. The maximum Gasteiger partial charge on any atom is 0.180 e. The van der Waals surface area contributed by atoms with Crippen LogP contribution in [0.3, 0.4) is 0 Å². The third kappa shape index (κ3) is 2.27. The number of rotatable bonds is 3. The quantitative estimate of drug-likeness (QED) is 0.509. The minimum atomic E-state index is -0.110. The van der Waals surface area contributed by atoms with E-state index in [-0.39, 0.29) is 10.2 Å². The molecule has 0 spiro atoms. The highest BCUT2D eigenvalue weighted by Gasteiger charge is 2.15. The number of benzene rings is 1. The Bertz CT molecular complexity index is 393. The first-order valence-corrected chi connectivity index (χ1v) is 4.69. The van der Waals surface area contributed by atoms with Gasteiger partial charge >= 0.3 is 0 Å². The van der Waals surface area contributed by atoms with Crippen LogP contribution in [-0.2, 0) is 0 Å². The molecule has 0 aliphatic heterocycles. The van der Waals surface area contributed by atoms with Crippen LogP contribution in [0.4, 0.5) is 0 Å². The van der Waals surface area contributed by atoms with Gasteiger partial charge in [-0.05, 0) is 12.1 Å².